The molecule has 1 saturated carbocycles. The van der Waals surface area contributed by atoms with Crippen LogP contribution in [0, 0.1) is 11.3 Å². The smallest absolute Gasteiger partial charge is 0.223 e. The minimum absolute atomic E-state index is 0.252. The summed E-state index contributed by atoms with van der Waals surface area (Å²) in [6, 6.07) is 6.41. The highest BCUT2D eigenvalue weighted by Gasteiger charge is 2.58. The molecule has 29 heavy (non-hydrogen) atoms. The van der Waals surface area contributed by atoms with E-state index in [0.717, 1.165) is 62.9 Å². The maximum absolute atomic E-state index is 12.6. The number of hydrogen-bond acceptors (Lipinski definition) is 5. The normalized spacial score (nSPS) is 23.9. The molecule has 2 aliphatic carbocycles. The van der Waals surface area contributed by atoms with Crippen molar-refractivity contribution in [1.82, 2.24) is 19.0 Å². The Balaban J connectivity index is 1.07. The Kier molecular flexibility index (Phi) is 5.39. The van der Waals surface area contributed by atoms with Crippen molar-refractivity contribution in [1.29, 1.82) is 0 Å². The van der Waals surface area contributed by atoms with Crippen LogP contribution in [0.4, 0.5) is 0 Å². The molecule has 2 aromatic rings. The lowest BCUT2D eigenvalue weighted by Crippen LogP contribution is -2.37. The van der Waals surface area contributed by atoms with Crippen molar-refractivity contribution in [3.05, 3.63) is 35.4 Å². The molecule has 5 rings (SSSR count). The zero-order chi connectivity index (χ0) is 19.7. The van der Waals surface area contributed by atoms with Gasteiger partial charge < -0.3 is 5.32 Å². The number of piperidine rings is 1. The van der Waals surface area contributed by atoms with Crippen LogP contribution in [0.3, 0.4) is 0 Å². The first kappa shape index (κ1) is 19.2. The molecule has 2 heterocycles. The van der Waals surface area contributed by atoms with Crippen LogP contribution in [-0.4, -0.2) is 39.2 Å². The number of carbonyl (C=O) groups excluding carboxylic acids is 1. The number of nitrogens with one attached hydrogen (secondary N) is 1. The maximum atomic E-state index is 12.6. The predicted molar refractivity (Wildman–Crippen MR) is 117 cm³/mol. The molecule has 1 aliphatic heterocycles. The number of likely N-dealkylation sites (tertiary alicyclic amines) is 1. The summed E-state index contributed by atoms with van der Waals surface area (Å²) in [6.07, 6.45) is 11.9. The lowest BCUT2D eigenvalue weighted by atomic mass is 9.90. The quantitative estimate of drug-likeness (QED) is 0.722. The van der Waals surface area contributed by atoms with E-state index in [0.29, 0.717) is 5.91 Å². The second kappa shape index (κ2) is 8.15. The first-order valence-corrected chi connectivity index (χ1v) is 11.8. The number of allylic oxidation sites excluding steroid dienone is 1. The van der Waals surface area contributed by atoms with Crippen molar-refractivity contribution in [2.24, 2.45) is 11.3 Å². The van der Waals surface area contributed by atoms with Crippen molar-refractivity contribution in [2.75, 3.05) is 19.6 Å². The zero-order valence-corrected chi connectivity index (χ0v) is 17.8. The molecule has 1 saturated heterocycles. The number of aromatic nitrogens is 2. The van der Waals surface area contributed by atoms with Gasteiger partial charge in [0.15, 0.2) is 0 Å². The van der Waals surface area contributed by atoms with Crippen LogP contribution in [0.5, 0.6) is 0 Å². The SMILES string of the molecule is O=C(NCCC1=CCCCC1)[C@H]1CC12CCN(Cc1ccc3nsnc3c1)CC2. The van der Waals surface area contributed by atoms with Gasteiger partial charge in [-0.2, -0.15) is 8.75 Å². The number of hydrogen-bond donors (Lipinski definition) is 1. The fourth-order valence-electron chi connectivity index (χ4n) is 5.21. The summed E-state index contributed by atoms with van der Waals surface area (Å²) >= 11 is 1.28. The summed E-state index contributed by atoms with van der Waals surface area (Å²) in [7, 11) is 0. The standard InChI is InChI=1S/C23H30N4OS/c28-22(24-11-8-17-4-2-1-3-5-17)19-15-23(19)9-12-27(13-10-23)16-18-6-7-20-21(14-18)26-29-25-20/h4,6-7,14,19H,1-3,5,8-13,15-16H2,(H,24,28)/t19-/m1/s1. The van der Waals surface area contributed by atoms with Crippen molar-refractivity contribution >= 4 is 28.7 Å². The molecule has 0 unspecified atom stereocenters. The van der Waals surface area contributed by atoms with Crippen molar-refractivity contribution < 1.29 is 4.79 Å². The van der Waals surface area contributed by atoms with Crippen LogP contribution in [0.25, 0.3) is 11.0 Å². The van der Waals surface area contributed by atoms with Crippen LogP contribution in [0.1, 0.15) is 56.9 Å². The molecule has 3 aliphatic rings. The number of rotatable bonds is 6. The van der Waals surface area contributed by atoms with E-state index in [-0.39, 0.29) is 11.3 Å². The van der Waals surface area contributed by atoms with Crippen LogP contribution >= 0.6 is 11.7 Å². The minimum atomic E-state index is 0.252. The summed E-state index contributed by atoms with van der Waals surface area (Å²) in [5, 5.41) is 3.22. The van der Waals surface area contributed by atoms with Crippen molar-refractivity contribution in [2.45, 2.75) is 57.9 Å². The highest BCUT2D eigenvalue weighted by Crippen LogP contribution is 2.59. The topological polar surface area (TPSA) is 58.1 Å². The predicted octanol–water partition coefficient (Wildman–Crippen LogP) is 4.30. The summed E-state index contributed by atoms with van der Waals surface area (Å²) in [6.45, 7) is 3.96. The van der Waals surface area contributed by atoms with Crippen LogP contribution in [0.2, 0.25) is 0 Å². The van der Waals surface area contributed by atoms with Gasteiger partial charge in [-0.05, 0) is 87.6 Å². The number of fused-ring (bicyclic) bond motifs is 1. The van der Waals surface area contributed by atoms with Gasteiger partial charge in [0.25, 0.3) is 0 Å². The average Bonchev–Trinajstić information content (AvgIpc) is 3.24. The molecule has 1 spiro atoms. The second-order valence-corrected chi connectivity index (χ2v) is 9.66. The van der Waals surface area contributed by atoms with Gasteiger partial charge in [-0.15, -0.1) is 0 Å². The highest BCUT2D eigenvalue weighted by molar-refractivity contribution is 7.00. The van der Waals surface area contributed by atoms with E-state index in [1.54, 1.807) is 5.57 Å². The molecule has 5 nitrogen and oxygen atoms in total. The summed E-state index contributed by atoms with van der Waals surface area (Å²) in [5.41, 5.74) is 5.13. The Hall–Kier alpha value is -1.79. The molecule has 1 atom stereocenters. The second-order valence-electron chi connectivity index (χ2n) is 9.13. The summed E-state index contributed by atoms with van der Waals surface area (Å²) in [4.78, 5) is 15.2. The van der Waals surface area contributed by atoms with Gasteiger partial charge in [0.05, 0.1) is 11.7 Å². The van der Waals surface area contributed by atoms with Gasteiger partial charge in [0.2, 0.25) is 5.91 Å². The highest BCUT2D eigenvalue weighted by atomic mass is 32.1. The van der Waals surface area contributed by atoms with E-state index in [1.807, 2.05) is 0 Å². The molecule has 154 valence electrons. The average molecular weight is 411 g/mol. The van der Waals surface area contributed by atoms with Gasteiger partial charge in [-0.1, -0.05) is 17.7 Å². The van der Waals surface area contributed by atoms with Crippen LogP contribution in [0.15, 0.2) is 29.8 Å². The molecular formula is C23H30N4OS. The van der Waals surface area contributed by atoms with Gasteiger partial charge in [-0.25, -0.2) is 0 Å². The first-order chi connectivity index (χ1) is 14.2. The molecule has 1 aromatic heterocycles. The summed E-state index contributed by atoms with van der Waals surface area (Å²) in [5.74, 6) is 0.554. The van der Waals surface area contributed by atoms with Gasteiger partial charge in [0, 0.05) is 19.0 Å². The van der Waals surface area contributed by atoms with Crippen LogP contribution < -0.4 is 5.32 Å². The zero-order valence-electron chi connectivity index (χ0n) is 17.0. The maximum Gasteiger partial charge on any atom is 0.223 e. The van der Waals surface area contributed by atoms with Crippen molar-refractivity contribution in [3.63, 3.8) is 0 Å². The van der Waals surface area contributed by atoms with Crippen molar-refractivity contribution in [3.8, 4) is 0 Å². The lowest BCUT2D eigenvalue weighted by Gasteiger charge is -2.32. The van der Waals surface area contributed by atoms with Gasteiger partial charge in [-0.3, -0.25) is 9.69 Å². The third-order valence-electron chi connectivity index (χ3n) is 7.21. The number of amides is 1. The Morgan fingerprint density at radius 3 is 2.90 bits per heavy atom. The first-order valence-electron chi connectivity index (χ1n) is 11.1. The molecule has 1 amide bonds. The Morgan fingerprint density at radius 2 is 2.07 bits per heavy atom. The fraction of sp³-hybridized carbons (Fsp3) is 0.609. The summed E-state index contributed by atoms with van der Waals surface area (Å²) < 4.78 is 8.64. The molecule has 0 bridgehead atoms. The molecule has 6 heteroatoms. The monoisotopic (exact) mass is 410 g/mol. The molecule has 0 radical (unpaired) electrons. The minimum Gasteiger partial charge on any atom is -0.356 e. The van der Waals surface area contributed by atoms with Gasteiger partial charge >= 0.3 is 0 Å². The Bertz CT molecular complexity index is 912. The van der Waals surface area contributed by atoms with E-state index in [4.69, 9.17) is 0 Å². The lowest BCUT2D eigenvalue weighted by molar-refractivity contribution is -0.123. The fourth-order valence-corrected chi connectivity index (χ4v) is 5.73. The third kappa shape index (κ3) is 4.24. The largest absolute Gasteiger partial charge is 0.356 e. The van der Waals surface area contributed by atoms with E-state index < -0.39 is 0 Å². The molecule has 1 aromatic carbocycles. The van der Waals surface area contributed by atoms with E-state index in [1.165, 1.54) is 43.0 Å². The molecule has 2 fully saturated rings. The number of benzene rings is 1. The third-order valence-corrected chi connectivity index (χ3v) is 7.77. The van der Waals surface area contributed by atoms with E-state index >= 15 is 0 Å². The Morgan fingerprint density at radius 1 is 1.21 bits per heavy atom. The van der Waals surface area contributed by atoms with Crippen LogP contribution in [-0.2, 0) is 11.3 Å². The number of nitrogens with zero attached hydrogens (tertiary/aromatic N) is 3. The van der Waals surface area contributed by atoms with Gasteiger partial charge in [0.1, 0.15) is 11.0 Å². The van der Waals surface area contributed by atoms with E-state index in [2.05, 4.69) is 43.2 Å². The molecule has 1 N–H and O–H groups in total. The number of carbonyl (C=O) groups is 1. The molecular weight excluding hydrogens is 380 g/mol. The Labute approximate surface area is 176 Å². The van der Waals surface area contributed by atoms with E-state index in [9.17, 15) is 4.79 Å².